The van der Waals surface area contributed by atoms with Crippen LogP contribution in [-0.4, -0.2) is 18.9 Å². The fraction of sp³-hybridized carbons (Fsp3) is 0.0909. The van der Waals surface area contributed by atoms with E-state index in [0.29, 0.717) is 27.6 Å². The molecule has 0 bridgehead atoms. The zero-order valence-electron chi connectivity index (χ0n) is 15.6. The smallest absolute Gasteiger partial charge is 0.273 e. The maximum atomic E-state index is 12.6. The van der Waals surface area contributed by atoms with E-state index >= 15 is 0 Å². The number of amides is 2. The van der Waals surface area contributed by atoms with Crippen molar-refractivity contribution in [3.8, 4) is 11.5 Å². The van der Waals surface area contributed by atoms with Crippen LogP contribution >= 0.6 is 11.6 Å². The molecule has 0 heterocycles. The van der Waals surface area contributed by atoms with Gasteiger partial charge in [-0.2, -0.15) is 0 Å². The lowest BCUT2D eigenvalue weighted by molar-refractivity contribution is 0.0843. The monoisotopic (exact) mass is 410 g/mol. The number of para-hydroxylation sites is 1. The average molecular weight is 411 g/mol. The van der Waals surface area contributed by atoms with Crippen molar-refractivity contribution in [2.24, 2.45) is 0 Å². The molecule has 3 rings (SSSR count). The Morgan fingerprint density at radius 3 is 2.24 bits per heavy atom. The molecule has 0 saturated heterocycles. The summed E-state index contributed by atoms with van der Waals surface area (Å²) in [5.74, 6) is 0.0233. The number of hydrazine groups is 1. The van der Waals surface area contributed by atoms with E-state index in [1.165, 1.54) is 19.2 Å². The minimum Gasteiger partial charge on any atom is -0.496 e. The van der Waals surface area contributed by atoms with Crippen LogP contribution in [0.15, 0.2) is 72.8 Å². The largest absolute Gasteiger partial charge is 0.496 e. The summed E-state index contributed by atoms with van der Waals surface area (Å²) < 4.78 is 10.9. The van der Waals surface area contributed by atoms with Crippen molar-refractivity contribution >= 4 is 23.4 Å². The highest BCUT2D eigenvalue weighted by Crippen LogP contribution is 2.22. The topological polar surface area (TPSA) is 76.7 Å². The van der Waals surface area contributed by atoms with Crippen LogP contribution in [0, 0.1) is 0 Å². The summed E-state index contributed by atoms with van der Waals surface area (Å²) in [5, 5.41) is 0.440. The Balaban J connectivity index is 1.66. The number of benzene rings is 3. The van der Waals surface area contributed by atoms with Crippen molar-refractivity contribution in [2.45, 2.75) is 6.61 Å². The molecule has 2 amide bonds. The maximum absolute atomic E-state index is 12.6. The van der Waals surface area contributed by atoms with Crippen LogP contribution in [0.4, 0.5) is 0 Å². The number of hydrogen-bond donors (Lipinski definition) is 2. The lowest BCUT2D eigenvalue weighted by Gasteiger charge is -2.13. The van der Waals surface area contributed by atoms with E-state index < -0.39 is 11.8 Å². The van der Waals surface area contributed by atoms with Gasteiger partial charge < -0.3 is 9.47 Å². The summed E-state index contributed by atoms with van der Waals surface area (Å²) in [5.41, 5.74) is 6.14. The summed E-state index contributed by atoms with van der Waals surface area (Å²) in [6, 6.07) is 20.9. The Hall–Kier alpha value is -3.51. The van der Waals surface area contributed by atoms with E-state index in [9.17, 15) is 9.59 Å². The molecular weight excluding hydrogens is 392 g/mol. The first-order chi connectivity index (χ1) is 14.1. The van der Waals surface area contributed by atoms with Gasteiger partial charge in [0.1, 0.15) is 18.1 Å². The summed E-state index contributed by atoms with van der Waals surface area (Å²) in [6.07, 6.45) is 0. The van der Waals surface area contributed by atoms with Gasteiger partial charge in [-0.3, -0.25) is 20.4 Å². The quantitative estimate of drug-likeness (QED) is 0.602. The van der Waals surface area contributed by atoms with Crippen LogP contribution in [-0.2, 0) is 6.61 Å². The fourth-order valence-electron chi connectivity index (χ4n) is 2.65. The molecule has 7 heteroatoms. The summed E-state index contributed by atoms with van der Waals surface area (Å²) in [7, 11) is 1.43. The van der Waals surface area contributed by atoms with E-state index in [1.54, 1.807) is 24.3 Å². The molecule has 6 nitrogen and oxygen atoms in total. The Bertz CT molecular complexity index is 1010. The molecule has 148 valence electrons. The van der Waals surface area contributed by atoms with Crippen molar-refractivity contribution < 1.29 is 19.1 Å². The van der Waals surface area contributed by atoms with Crippen molar-refractivity contribution in [2.75, 3.05) is 7.11 Å². The van der Waals surface area contributed by atoms with Crippen molar-refractivity contribution in [3.05, 3.63) is 94.5 Å². The van der Waals surface area contributed by atoms with Crippen LogP contribution in [0.1, 0.15) is 26.3 Å². The van der Waals surface area contributed by atoms with Crippen LogP contribution < -0.4 is 20.3 Å². The van der Waals surface area contributed by atoms with Gasteiger partial charge in [-0.1, -0.05) is 48.0 Å². The third kappa shape index (κ3) is 5.27. The summed E-state index contributed by atoms with van der Waals surface area (Å²) in [6.45, 7) is 0.215. The first-order valence-electron chi connectivity index (χ1n) is 8.78. The molecule has 3 aromatic rings. The summed E-state index contributed by atoms with van der Waals surface area (Å²) in [4.78, 5) is 25.0. The fourth-order valence-corrected chi connectivity index (χ4v) is 2.81. The van der Waals surface area contributed by atoms with E-state index in [2.05, 4.69) is 10.9 Å². The zero-order valence-corrected chi connectivity index (χ0v) is 16.4. The average Bonchev–Trinajstić information content (AvgIpc) is 2.76. The normalized spacial score (nSPS) is 10.1. The standard InChI is InChI=1S/C22H19ClN2O4/c1-28-20-13-16(23)11-12-19(20)22(27)25-24-21(26)18-10-6-5-7-15(18)14-29-17-8-3-2-4-9-17/h2-13H,14H2,1H3,(H,24,26)(H,25,27). The minimum atomic E-state index is -0.523. The molecule has 0 fully saturated rings. The van der Waals surface area contributed by atoms with E-state index in [0.717, 1.165) is 0 Å². The molecule has 2 N–H and O–H groups in total. The number of ether oxygens (including phenoxy) is 2. The second-order valence-corrected chi connectivity index (χ2v) is 6.45. The Morgan fingerprint density at radius 2 is 1.52 bits per heavy atom. The van der Waals surface area contributed by atoms with Crippen molar-refractivity contribution in [3.63, 3.8) is 0 Å². The molecule has 0 aliphatic rings. The van der Waals surface area contributed by atoms with E-state index in [1.807, 2.05) is 36.4 Å². The Morgan fingerprint density at radius 1 is 0.862 bits per heavy atom. The van der Waals surface area contributed by atoms with Gasteiger partial charge in [-0.25, -0.2) is 0 Å². The van der Waals surface area contributed by atoms with Gasteiger partial charge in [0.25, 0.3) is 11.8 Å². The zero-order chi connectivity index (χ0) is 20.6. The maximum Gasteiger partial charge on any atom is 0.273 e. The SMILES string of the molecule is COc1cc(Cl)ccc1C(=O)NNC(=O)c1ccccc1COc1ccccc1. The summed E-state index contributed by atoms with van der Waals surface area (Å²) >= 11 is 5.91. The number of carbonyl (C=O) groups excluding carboxylic acids is 2. The highest BCUT2D eigenvalue weighted by atomic mass is 35.5. The molecule has 0 radical (unpaired) electrons. The molecule has 0 spiro atoms. The van der Waals surface area contributed by atoms with Gasteiger partial charge in [0.15, 0.2) is 0 Å². The Labute approximate surface area is 173 Å². The van der Waals surface area contributed by atoms with Crippen LogP contribution in [0.2, 0.25) is 5.02 Å². The predicted octanol–water partition coefficient (Wildman–Crippen LogP) is 4.00. The Kier molecular flexibility index (Phi) is 6.71. The molecule has 3 aromatic carbocycles. The predicted molar refractivity (Wildman–Crippen MR) is 110 cm³/mol. The van der Waals surface area contributed by atoms with Gasteiger partial charge in [0.05, 0.1) is 12.7 Å². The first-order valence-corrected chi connectivity index (χ1v) is 9.16. The van der Waals surface area contributed by atoms with Crippen molar-refractivity contribution in [1.29, 1.82) is 0 Å². The highest BCUT2D eigenvalue weighted by Gasteiger charge is 2.16. The number of carbonyl (C=O) groups is 2. The van der Waals surface area contributed by atoms with Gasteiger partial charge >= 0.3 is 0 Å². The number of rotatable bonds is 6. The van der Waals surface area contributed by atoms with Crippen LogP contribution in [0.25, 0.3) is 0 Å². The molecule has 0 aliphatic heterocycles. The van der Waals surface area contributed by atoms with E-state index in [-0.39, 0.29) is 12.2 Å². The third-order valence-electron chi connectivity index (χ3n) is 4.10. The first kappa shape index (κ1) is 20.2. The van der Waals surface area contributed by atoms with Gasteiger partial charge in [-0.15, -0.1) is 0 Å². The molecular formula is C22H19ClN2O4. The molecule has 0 atom stereocenters. The highest BCUT2D eigenvalue weighted by molar-refractivity contribution is 6.30. The van der Waals surface area contributed by atoms with E-state index in [4.69, 9.17) is 21.1 Å². The number of halogens is 1. The minimum absolute atomic E-state index is 0.215. The molecule has 0 unspecified atom stereocenters. The lowest BCUT2D eigenvalue weighted by Crippen LogP contribution is -2.42. The third-order valence-corrected chi connectivity index (χ3v) is 4.33. The van der Waals surface area contributed by atoms with Gasteiger partial charge in [-0.05, 0) is 36.4 Å². The second-order valence-electron chi connectivity index (χ2n) is 6.01. The number of methoxy groups -OCH3 is 1. The number of nitrogens with one attached hydrogen (secondary N) is 2. The molecule has 0 aliphatic carbocycles. The van der Waals surface area contributed by atoms with Gasteiger partial charge in [0, 0.05) is 16.1 Å². The molecule has 0 saturated carbocycles. The van der Waals surface area contributed by atoms with Crippen LogP contribution in [0.5, 0.6) is 11.5 Å². The lowest BCUT2D eigenvalue weighted by atomic mass is 10.1. The van der Waals surface area contributed by atoms with Crippen molar-refractivity contribution in [1.82, 2.24) is 10.9 Å². The molecule has 0 aromatic heterocycles. The number of hydrogen-bond acceptors (Lipinski definition) is 4. The van der Waals surface area contributed by atoms with Gasteiger partial charge in [0.2, 0.25) is 0 Å². The molecule has 29 heavy (non-hydrogen) atoms. The van der Waals surface area contributed by atoms with Crippen LogP contribution in [0.3, 0.4) is 0 Å². The second kappa shape index (κ2) is 9.61.